The van der Waals surface area contributed by atoms with E-state index < -0.39 is 5.82 Å². The fourth-order valence-corrected chi connectivity index (χ4v) is 3.02. The van der Waals surface area contributed by atoms with Crippen molar-refractivity contribution >= 4 is 47.4 Å². The lowest BCUT2D eigenvalue weighted by molar-refractivity contribution is -0.116. The van der Waals surface area contributed by atoms with Crippen LogP contribution in [-0.2, 0) is 9.59 Å². The third kappa shape index (κ3) is 5.82. The van der Waals surface area contributed by atoms with Gasteiger partial charge in [0.15, 0.2) is 0 Å². The standard InChI is InChI=1S/C14H18FN3O2S.ClH/c1-9(19)17-13-6-10(2-3-12(13)15)18-14(20)7-11-8-21-5-4-16-11;/h2-3,6,11,16H,4-5,7-8H2,1H3,(H,17,19)(H,18,20);1H. The van der Waals surface area contributed by atoms with Gasteiger partial charge in [-0.05, 0) is 18.2 Å². The van der Waals surface area contributed by atoms with Crippen molar-refractivity contribution in [2.24, 2.45) is 0 Å². The number of hydrogen-bond acceptors (Lipinski definition) is 4. The van der Waals surface area contributed by atoms with Crippen LogP contribution in [0.2, 0.25) is 0 Å². The summed E-state index contributed by atoms with van der Waals surface area (Å²) in [5.41, 5.74) is 0.528. The Hall–Kier alpha value is -1.31. The van der Waals surface area contributed by atoms with E-state index in [2.05, 4.69) is 16.0 Å². The second-order valence-corrected chi connectivity index (χ2v) is 6.00. The fourth-order valence-electron chi connectivity index (χ4n) is 2.08. The molecule has 1 saturated heterocycles. The van der Waals surface area contributed by atoms with E-state index >= 15 is 0 Å². The predicted molar refractivity (Wildman–Crippen MR) is 90.3 cm³/mol. The van der Waals surface area contributed by atoms with Gasteiger partial charge in [0, 0.05) is 43.1 Å². The molecule has 0 radical (unpaired) electrons. The molecule has 3 N–H and O–H groups in total. The molecule has 1 aromatic carbocycles. The number of thioether (sulfide) groups is 1. The largest absolute Gasteiger partial charge is 0.326 e. The van der Waals surface area contributed by atoms with E-state index in [9.17, 15) is 14.0 Å². The van der Waals surface area contributed by atoms with Crippen LogP contribution in [0.3, 0.4) is 0 Å². The van der Waals surface area contributed by atoms with E-state index in [0.717, 1.165) is 18.1 Å². The summed E-state index contributed by atoms with van der Waals surface area (Å²) in [6, 6.07) is 4.27. The minimum atomic E-state index is -0.534. The number of anilines is 2. The number of rotatable bonds is 4. The van der Waals surface area contributed by atoms with E-state index in [-0.39, 0.29) is 36.0 Å². The molecule has 2 rings (SSSR count). The first-order chi connectivity index (χ1) is 10.0. The van der Waals surface area contributed by atoms with E-state index in [0.29, 0.717) is 12.1 Å². The summed E-state index contributed by atoms with van der Waals surface area (Å²) in [6.07, 6.45) is 0.375. The number of halogens is 2. The quantitative estimate of drug-likeness (QED) is 0.781. The highest BCUT2D eigenvalue weighted by atomic mass is 35.5. The smallest absolute Gasteiger partial charge is 0.225 e. The molecule has 1 fully saturated rings. The maximum atomic E-state index is 13.5. The highest BCUT2D eigenvalue weighted by molar-refractivity contribution is 7.99. The van der Waals surface area contributed by atoms with Gasteiger partial charge in [0.05, 0.1) is 5.69 Å². The van der Waals surface area contributed by atoms with Gasteiger partial charge in [-0.2, -0.15) is 11.8 Å². The second-order valence-electron chi connectivity index (χ2n) is 4.85. The van der Waals surface area contributed by atoms with Crippen molar-refractivity contribution < 1.29 is 14.0 Å². The molecule has 0 spiro atoms. The molecule has 22 heavy (non-hydrogen) atoms. The van der Waals surface area contributed by atoms with Gasteiger partial charge in [-0.1, -0.05) is 0 Å². The number of benzene rings is 1. The third-order valence-corrected chi connectivity index (χ3v) is 4.12. The summed E-state index contributed by atoms with van der Waals surface area (Å²) in [6.45, 7) is 2.21. The summed E-state index contributed by atoms with van der Waals surface area (Å²) in [5.74, 6) is 0.953. The summed E-state index contributed by atoms with van der Waals surface area (Å²) in [7, 11) is 0. The van der Waals surface area contributed by atoms with E-state index in [1.807, 2.05) is 11.8 Å². The molecule has 0 aromatic heterocycles. The van der Waals surface area contributed by atoms with E-state index in [1.165, 1.54) is 25.1 Å². The molecule has 1 unspecified atom stereocenters. The molecule has 2 amide bonds. The molecule has 1 heterocycles. The maximum absolute atomic E-state index is 13.5. The highest BCUT2D eigenvalue weighted by Gasteiger charge is 2.17. The summed E-state index contributed by atoms with van der Waals surface area (Å²) < 4.78 is 13.5. The van der Waals surface area contributed by atoms with Crippen LogP contribution >= 0.6 is 24.2 Å². The molecule has 0 bridgehead atoms. The van der Waals surface area contributed by atoms with Crippen LogP contribution in [0.4, 0.5) is 15.8 Å². The lowest BCUT2D eigenvalue weighted by atomic mass is 10.2. The van der Waals surface area contributed by atoms with Crippen molar-refractivity contribution in [3.8, 4) is 0 Å². The SMILES string of the molecule is CC(=O)Nc1cc(NC(=O)CC2CSCCN2)ccc1F.Cl. The molecule has 1 aliphatic heterocycles. The minimum absolute atomic E-state index is 0. The molecular formula is C14H19ClFN3O2S. The first-order valence-corrected chi connectivity index (χ1v) is 7.88. The zero-order chi connectivity index (χ0) is 15.2. The molecule has 5 nitrogen and oxygen atoms in total. The summed E-state index contributed by atoms with van der Waals surface area (Å²) in [5, 5.41) is 8.39. The number of nitrogens with one attached hydrogen (secondary N) is 3. The van der Waals surface area contributed by atoms with Gasteiger partial charge in [-0.3, -0.25) is 9.59 Å². The average Bonchev–Trinajstić information content (AvgIpc) is 2.43. The maximum Gasteiger partial charge on any atom is 0.225 e. The Labute approximate surface area is 139 Å². The van der Waals surface area contributed by atoms with E-state index in [1.54, 1.807) is 0 Å². The molecule has 8 heteroatoms. The number of amides is 2. The summed E-state index contributed by atoms with van der Waals surface area (Å²) >= 11 is 1.82. The number of carbonyl (C=O) groups is 2. The van der Waals surface area contributed by atoms with Crippen molar-refractivity contribution in [2.75, 3.05) is 28.7 Å². The molecule has 1 aromatic rings. The minimum Gasteiger partial charge on any atom is -0.326 e. The lowest BCUT2D eigenvalue weighted by Crippen LogP contribution is -2.39. The number of hydrogen-bond donors (Lipinski definition) is 3. The first-order valence-electron chi connectivity index (χ1n) is 6.72. The Bertz CT molecular complexity index is 539. The van der Waals surface area contributed by atoms with Gasteiger partial charge in [0.2, 0.25) is 11.8 Å². The Morgan fingerprint density at radius 1 is 1.41 bits per heavy atom. The zero-order valence-corrected chi connectivity index (χ0v) is 13.8. The Kier molecular flexibility index (Phi) is 7.64. The monoisotopic (exact) mass is 347 g/mol. The Morgan fingerprint density at radius 3 is 2.82 bits per heavy atom. The van der Waals surface area contributed by atoms with Crippen LogP contribution in [0.1, 0.15) is 13.3 Å². The van der Waals surface area contributed by atoms with Crippen LogP contribution < -0.4 is 16.0 Å². The second kappa shape index (κ2) is 8.97. The van der Waals surface area contributed by atoms with E-state index in [4.69, 9.17) is 0 Å². The topological polar surface area (TPSA) is 70.2 Å². The Balaban J connectivity index is 0.00000242. The van der Waals surface area contributed by atoms with Gasteiger partial charge >= 0.3 is 0 Å². The number of carbonyl (C=O) groups excluding carboxylic acids is 2. The van der Waals surface area contributed by atoms with Crippen LogP contribution in [-0.4, -0.2) is 35.9 Å². The first kappa shape index (κ1) is 18.7. The average molecular weight is 348 g/mol. The summed E-state index contributed by atoms with van der Waals surface area (Å²) in [4.78, 5) is 22.9. The van der Waals surface area contributed by atoms with Crippen molar-refractivity contribution in [2.45, 2.75) is 19.4 Å². The zero-order valence-electron chi connectivity index (χ0n) is 12.1. The highest BCUT2D eigenvalue weighted by Crippen LogP contribution is 2.20. The van der Waals surface area contributed by atoms with Crippen molar-refractivity contribution in [3.05, 3.63) is 24.0 Å². The van der Waals surface area contributed by atoms with Crippen molar-refractivity contribution in [3.63, 3.8) is 0 Å². The van der Waals surface area contributed by atoms with Gasteiger partial charge in [0.25, 0.3) is 0 Å². The predicted octanol–water partition coefficient (Wildman–Crippen LogP) is 2.24. The van der Waals surface area contributed by atoms with Gasteiger partial charge < -0.3 is 16.0 Å². The van der Waals surface area contributed by atoms with Crippen LogP contribution in [0, 0.1) is 5.82 Å². The molecule has 0 saturated carbocycles. The normalized spacial score (nSPS) is 17.3. The molecule has 122 valence electrons. The molecule has 1 atom stereocenters. The van der Waals surface area contributed by atoms with Crippen LogP contribution in [0.5, 0.6) is 0 Å². The molecule has 0 aliphatic carbocycles. The molecule has 1 aliphatic rings. The van der Waals surface area contributed by atoms with Crippen LogP contribution in [0.25, 0.3) is 0 Å². The Morgan fingerprint density at radius 2 is 2.18 bits per heavy atom. The van der Waals surface area contributed by atoms with Gasteiger partial charge in [-0.15, -0.1) is 12.4 Å². The van der Waals surface area contributed by atoms with Crippen molar-refractivity contribution in [1.29, 1.82) is 0 Å². The fraction of sp³-hybridized carbons (Fsp3) is 0.429. The van der Waals surface area contributed by atoms with Crippen molar-refractivity contribution in [1.82, 2.24) is 5.32 Å². The molecular weight excluding hydrogens is 329 g/mol. The van der Waals surface area contributed by atoms with Gasteiger partial charge in [-0.25, -0.2) is 4.39 Å². The lowest BCUT2D eigenvalue weighted by Gasteiger charge is -2.22. The third-order valence-electron chi connectivity index (χ3n) is 2.99. The van der Waals surface area contributed by atoms with Crippen LogP contribution in [0.15, 0.2) is 18.2 Å². The van der Waals surface area contributed by atoms with Gasteiger partial charge in [0.1, 0.15) is 5.82 Å².